The molecule has 57 valence electrons. The number of benzene rings is 1. The van der Waals surface area contributed by atoms with Crippen LogP contribution in [0.5, 0.6) is 5.75 Å². The molecule has 0 fully saturated rings. The zero-order valence-electron chi connectivity index (χ0n) is 6.42. The number of hydrogen-bond donors (Lipinski definition) is 1. The molecule has 0 saturated carbocycles. The van der Waals surface area contributed by atoms with Crippen LogP contribution in [0.4, 0.5) is 5.69 Å². The standard InChI is InChI=1S/C9H10NO/c1-7-6-10-8-4-2-3-5-9(8)11-7/h2,4-5,7,10H,6H2,1H3. The van der Waals surface area contributed by atoms with Crippen molar-refractivity contribution in [3.05, 3.63) is 24.3 Å². The van der Waals surface area contributed by atoms with Gasteiger partial charge < -0.3 is 10.1 Å². The van der Waals surface area contributed by atoms with E-state index in [0.717, 1.165) is 18.0 Å². The average molecular weight is 148 g/mol. The van der Waals surface area contributed by atoms with E-state index in [-0.39, 0.29) is 6.10 Å². The van der Waals surface area contributed by atoms with Crippen molar-refractivity contribution in [3.8, 4) is 5.75 Å². The molecule has 1 unspecified atom stereocenters. The molecule has 0 bridgehead atoms. The highest BCUT2D eigenvalue weighted by molar-refractivity contribution is 5.57. The lowest BCUT2D eigenvalue weighted by Crippen LogP contribution is -2.27. The molecule has 0 amide bonds. The normalized spacial score (nSPS) is 21.4. The number of ether oxygens (including phenoxy) is 1. The molecule has 1 aromatic rings. The number of nitrogens with one attached hydrogen (secondary N) is 1. The first-order chi connectivity index (χ1) is 5.36. The molecule has 0 saturated heterocycles. The Morgan fingerprint density at radius 2 is 2.64 bits per heavy atom. The summed E-state index contributed by atoms with van der Waals surface area (Å²) in [6, 6.07) is 8.69. The molecule has 1 aromatic carbocycles. The van der Waals surface area contributed by atoms with Gasteiger partial charge in [0.05, 0.1) is 12.2 Å². The summed E-state index contributed by atoms with van der Waals surface area (Å²) in [5.74, 6) is 0.909. The van der Waals surface area contributed by atoms with Gasteiger partial charge in [-0.2, -0.15) is 0 Å². The topological polar surface area (TPSA) is 21.3 Å². The molecule has 2 heteroatoms. The Balaban J connectivity index is 2.34. The number of rotatable bonds is 0. The van der Waals surface area contributed by atoms with Gasteiger partial charge >= 0.3 is 0 Å². The van der Waals surface area contributed by atoms with Crippen molar-refractivity contribution in [2.75, 3.05) is 11.9 Å². The third-order valence-corrected chi connectivity index (χ3v) is 1.73. The lowest BCUT2D eigenvalue weighted by atomic mass is 10.2. The maximum atomic E-state index is 5.54. The van der Waals surface area contributed by atoms with E-state index < -0.39 is 0 Å². The van der Waals surface area contributed by atoms with Crippen LogP contribution in [-0.2, 0) is 0 Å². The summed E-state index contributed by atoms with van der Waals surface area (Å²) in [6.45, 7) is 2.93. The van der Waals surface area contributed by atoms with Gasteiger partial charge in [-0.15, -0.1) is 0 Å². The fraction of sp³-hybridized carbons (Fsp3) is 0.333. The highest BCUT2D eigenvalue weighted by Crippen LogP contribution is 2.27. The lowest BCUT2D eigenvalue weighted by molar-refractivity contribution is 0.226. The smallest absolute Gasteiger partial charge is 0.143 e. The van der Waals surface area contributed by atoms with E-state index in [4.69, 9.17) is 4.74 Å². The molecule has 1 aliphatic rings. The second-order valence-electron chi connectivity index (χ2n) is 2.73. The van der Waals surface area contributed by atoms with Crippen LogP contribution in [-0.4, -0.2) is 12.6 Å². The van der Waals surface area contributed by atoms with Crippen molar-refractivity contribution in [2.45, 2.75) is 13.0 Å². The van der Waals surface area contributed by atoms with Crippen LogP contribution in [0.3, 0.4) is 0 Å². The van der Waals surface area contributed by atoms with Gasteiger partial charge in [-0.3, -0.25) is 0 Å². The Labute approximate surface area is 66.2 Å². The summed E-state index contributed by atoms with van der Waals surface area (Å²) in [7, 11) is 0. The first-order valence-electron chi connectivity index (χ1n) is 3.77. The maximum absolute atomic E-state index is 5.54. The number of fused-ring (bicyclic) bond motifs is 1. The molecule has 1 N–H and O–H groups in total. The van der Waals surface area contributed by atoms with Crippen molar-refractivity contribution < 1.29 is 4.74 Å². The Kier molecular flexibility index (Phi) is 1.46. The minimum atomic E-state index is 0.262. The number of hydrogen-bond acceptors (Lipinski definition) is 2. The molecule has 1 atom stereocenters. The summed E-state index contributed by atoms with van der Waals surface area (Å²) in [5, 5.41) is 3.27. The SMILES string of the molecule is CC1CNc2cc[c]cc2O1. The van der Waals surface area contributed by atoms with E-state index in [9.17, 15) is 0 Å². The molecule has 1 heterocycles. The second-order valence-corrected chi connectivity index (χ2v) is 2.73. The zero-order chi connectivity index (χ0) is 7.68. The second kappa shape index (κ2) is 2.46. The van der Waals surface area contributed by atoms with Crippen LogP contribution in [0.2, 0.25) is 0 Å². The molecule has 2 rings (SSSR count). The fourth-order valence-corrected chi connectivity index (χ4v) is 1.17. The Morgan fingerprint density at radius 3 is 3.55 bits per heavy atom. The van der Waals surface area contributed by atoms with Gasteiger partial charge in [0.15, 0.2) is 0 Å². The lowest BCUT2D eigenvalue weighted by Gasteiger charge is -2.24. The Hall–Kier alpha value is -1.18. The van der Waals surface area contributed by atoms with Gasteiger partial charge in [-0.25, -0.2) is 0 Å². The highest BCUT2D eigenvalue weighted by Gasteiger charge is 2.13. The summed E-state index contributed by atoms with van der Waals surface area (Å²) in [6.07, 6.45) is 0.262. The quantitative estimate of drug-likeness (QED) is 0.604. The Bertz CT molecular complexity index is 259. The third-order valence-electron chi connectivity index (χ3n) is 1.73. The molecule has 1 aliphatic heterocycles. The van der Waals surface area contributed by atoms with Crippen LogP contribution >= 0.6 is 0 Å². The van der Waals surface area contributed by atoms with Crippen molar-refractivity contribution in [1.29, 1.82) is 0 Å². The first-order valence-corrected chi connectivity index (χ1v) is 3.77. The van der Waals surface area contributed by atoms with Gasteiger partial charge in [-0.05, 0) is 25.1 Å². The van der Waals surface area contributed by atoms with E-state index in [0.29, 0.717) is 0 Å². The predicted octanol–water partition coefficient (Wildman–Crippen LogP) is 1.68. The maximum Gasteiger partial charge on any atom is 0.143 e. The van der Waals surface area contributed by atoms with Crippen LogP contribution in [0.1, 0.15) is 6.92 Å². The zero-order valence-corrected chi connectivity index (χ0v) is 6.42. The first kappa shape index (κ1) is 6.53. The molecule has 0 aromatic heterocycles. The van der Waals surface area contributed by atoms with Crippen molar-refractivity contribution in [2.24, 2.45) is 0 Å². The van der Waals surface area contributed by atoms with E-state index in [1.54, 1.807) is 0 Å². The van der Waals surface area contributed by atoms with Crippen LogP contribution in [0.25, 0.3) is 0 Å². The van der Waals surface area contributed by atoms with E-state index in [2.05, 4.69) is 11.4 Å². The van der Waals surface area contributed by atoms with Gasteiger partial charge in [-0.1, -0.05) is 6.07 Å². The largest absolute Gasteiger partial charge is 0.487 e. The van der Waals surface area contributed by atoms with Crippen molar-refractivity contribution in [1.82, 2.24) is 0 Å². The van der Waals surface area contributed by atoms with Gasteiger partial charge in [0.1, 0.15) is 11.9 Å². The van der Waals surface area contributed by atoms with Gasteiger partial charge in [0.2, 0.25) is 0 Å². The molecule has 11 heavy (non-hydrogen) atoms. The van der Waals surface area contributed by atoms with E-state index in [1.165, 1.54) is 0 Å². The Morgan fingerprint density at radius 1 is 1.73 bits per heavy atom. The van der Waals surface area contributed by atoms with Crippen LogP contribution < -0.4 is 10.1 Å². The summed E-state index contributed by atoms with van der Waals surface area (Å²) in [5.41, 5.74) is 1.07. The highest BCUT2D eigenvalue weighted by atomic mass is 16.5. The summed E-state index contributed by atoms with van der Waals surface area (Å²) in [4.78, 5) is 0. The summed E-state index contributed by atoms with van der Waals surface area (Å²) >= 11 is 0. The van der Waals surface area contributed by atoms with Gasteiger partial charge in [0.25, 0.3) is 0 Å². The molecule has 0 aliphatic carbocycles. The fourth-order valence-electron chi connectivity index (χ4n) is 1.17. The minimum Gasteiger partial charge on any atom is -0.487 e. The molecule has 2 nitrogen and oxygen atoms in total. The monoisotopic (exact) mass is 148 g/mol. The molecule has 1 radical (unpaired) electrons. The van der Waals surface area contributed by atoms with E-state index in [1.807, 2.05) is 25.1 Å². The third kappa shape index (κ3) is 1.16. The molecular weight excluding hydrogens is 138 g/mol. The van der Waals surface area contributed by atoms with Crippen molar-refractivity contribution >= 4 is 5.69 Å². The predicted molar refractivity (Wildman–Crippen MR) is 43.9 cm³/mol. The van der Waals surface area contributed by atoms with Crippen LogP contribution in [0.15, 0.2) is 18.2 Å². The number of anilines is 1. The van der Waals surface area contributed by atoms with Gasteiger partial charge in [0, 0.05) is 0 Å². The molecule has 0 spiro atoms. The van der Waals surface area contributed by atoms with Crippen LogP contribution in [0, 0.1) is 6.07 Å². The average Bonchev–Trinajstić information content (AvgIpc) is 2.04. The summed E-state index contributed by atoms with van der Waals surface area (Å²) < 4.78 is 5.54. The molecular formula is C9H10NO. The van der Waals surface area contributed by atoms with E-state index >= 15 is 0 Å². The minimum absolute atomic E-state index is 0.262. The van der Waals surface area contributed by atoms with Crippen molar-refractivity contribution in [3.63, 3.8) is 0 Å².